The monoisotopic (exact) mass is 344 g/mol. The van der Waals surface area contributed by atoms with Crippen molar-refractivity contribution in [3.8, 4) is 11.5 Å². The quantitative estimate of drug-likeness (QED) is 0.473. The molecule has 0 aliphatic rings. The van der Waals surface area contributed by atoms with Crippen LogP contribution in [0, 0.1) is 0 Å². The van der Waals surface area contributed by atoms with E-state index in [1.54, 1.807) is 25.1 Å². The molecule has 0 radical (unpaired) electrons. The van der Waals surface area contributed by atoms with Crippen LogP contribution in [0.1, 0.15) is 37.0 Å². The van der Waals surface area contributed by atoms with Crippen molar-refractivity contribution in [2.75, 3.05) is 27.5 Å². The topological polar surface area (TPSA) is 71.1 Å². The number of unbranched alkanes of at least 4 members (excludes halogenated alkanes) is 1. The molecule has 130 valence electrons. The Labute approximate surface area is 137 Å². The highest BCUT2D eigenvalue weighted by molar-refractivity contribution is 7.77. The molecular formula is C16H25O6P. The minimum absolute atomic E-state index is 0.139. The number of ether oxygens (including phenoxy) is 3. The third kappa shape index (κ3) is 4.80. The molecule has 0 heterocycles. The fraction of sp³-hybridized carbons (Fsp3) is 0.562. The molecule has 2 atom stereocenters. The van der Waals surface area contributed by atoms with Gasteiger partial charge in [0.25, 0.3) is 12.9 Å². The van der Waals surface area contributed by atoms with Gasteiger partial charge in [-0.25, -0.2) is 0 Å². The summed E-state index contributed by atoms with van der Waals surface area (Å²) in [6.45, 7) is 3.56. The van der Waals surface area contributed by atoms with Crippen molar-refractivity contribution in [3.05, 3.63) is 23.8 Å². The molecule has 0 aromatic heterocycles. The third-order valence-electron chi connectivity index (χ3n) is 3.41. The Morgan fingerprint density at radius 2 is 1.74 bits per heavy atom. The second kappa shape index (κ2) is 9.06. The summed E-state index contributed by atoms with van der Waals surface area (Å²) >= 11 is 0. The van der Waals surface area contributed by atoms with E-state index in [0.29, 0.717) is 17.9 Å². The van der Waals surface area contributed by atoms with Gasteiger partial charge in [0.2, 0.25) is 0 Å². The van der Waals surface area contributed by atoms with Gasteiger partial charge < -0.3 is 14.2 Å². The summed E-state index contributed by atoms with van der Waals surface area (Å²) in [5.41, 5.74) is -0.468. The number of hydrogen-bond acceptors (Lipinski definition) is 6. The summed E-state index contributed by atoms with van der Waals surface area (Å²) in [6, 6.07) is 4.95. The highest BCUT2D eigenvalue weighted by Gasteiger charge is 2.38. The molecule has 0 fully saturated rings. The van der Waals surface area contributed by atoms with E-state index in [-0.39, 0.29) is 11.7 Å². The van der Waals surface area contributed by atoms with Crippen LogP contribution in [-0.4, -0.2) is 39.3 Å². The molecule has 1 aromatic carbocycles. The first-order valence-electron chi connectivity index (χ1n) is 7.49. The lowest BCUT2D eigenvalue weighted by atomic mass is 10.2. The van der Waals surface area contributed by atoms with Gasteiger partial charge in [-0.05, 0) is 25.5 Å². The average Bonchev–Trinajstić information content (AvgIpc) is 2.58. The van der Waals surface area contributed by atoms with Gasteiger partial charge in [0.1, 0.15) is 17.1 Å². The maximum Gasteiger partial charge on any atom is 0.274 e. The van der Waals surface area contributed by atoms with E-state index in [4.69, 9.17) is 18.7 Å². The van der Waals surface area contributed by atoms with Crippen LogP contribution in [-0.2, 0) is 13.8 Å². The van der Waals surface area contributed by atoms with Crippen LogP contribution >= 0.6 is 7.37 Å². The smallest absolute Gasteiger partial charge is 0.274 e. The normalized spacial score (nSPS) is 14.8. The standard InChI is InChI=1S/C16H25O6P/c1-6-7-11-23(18,22-12(2)19-3)16(17)15-13(20-4)9-8-10-14(15)21-5/h8-10,12H,6-7,11H2,1-5H3. The minimum Gasteiger partial charge on any atom is -0.496 e. The molecule has 0 aliphatic heterocycles. The Hall–Kier alpha value is -1.36. The Kier molecular flexibility index (Phi) is 7.76. The van der Waals surface area contributed by atoms with Crippen LogP contribution in [0.3, 0.4) is 0 Å². The first-order valence-corrected chi connectivity index (χ1v) is 9.30. The van der Waals surface area contributed by atoms with E-state index >= 15 is 0 Å². The largest absolute Gasteiger partial charge is 0.496 e. The number of hydrogen-bond donors (Lipinski definition) is 0. The number of carbonyl (C=O) groups is 1. The van der Waals surface area contributed by atoms with Crippen LogP contribution < -0.4 is 9.47 Å². The number of carbonyl (C=O) groups excluding carboxylic acids is 1. The van der Waals surface area contributed by atoms with Gasteiger partial charge in [-0.2, -0.15) is 0 Å². The molecule has 0 aliphatic carbocycles. The Morgan fingerprint density at radius 3 is 2.17 bits per heavy atom. The molecule has 0 saturated carbocycles. The first kappa shape index (κ1) is 19.7. The molecule has 0 N–H and O–H groups in total. The molecule has 7 heteroatoms. The van der Waals surface area contributed by atoms with Gasteiger partial charge in [-0.1, -0.05) is 19.4 Å². The Morgan fingerprint density at radius 1 is 1.17 bits per heavy atom. The van der Waals surface area contributed by atoms with Gasteiger partial charge >= 0.3 is 0 Å². The van der Waals surface area contributed by atoms with Crippen LogP contribution in [0.5, 0.6) is 11.5 Å². The predicted molar refractivity (Wildman–Crippen MR) is 88.8 cm³/mol. The molecule has 0 amide bonds. The van der Waals surface area contributed by atoms with E-state index in [9.17, 15) is 9.36 Å². The van der Waals surface area contributed by atoms with E-state index in [1.165, 1.54) is 21.3 Å². The van der Waals surface area contributed by atoms with Crippen LogP contribution in [0.4, 0.5) is 0 Å². The average molecular weight is 344 g/mol. The lowest BCUT2D eigenvalue weighted by Crippen LogP contribution is -2.16. The summed E-state index contributed by atoms with van der Waals surface area (Å²) < 4.78 is 34.2. The summed E-state index contributed by atoms with van der Waals surface area (Å²) in [5, 5.41) is 0. The number of methoxy groups -OCH3 is 3. The molecule has 1 rings (SSSR count). The molecule has 0 spiro atoms. The fourth-order valence-electron chi connectivity index (χ4n) is 2.08. The number of rotatable bonds is 10. The van der Waals surface area contributed by atoms with E-state index in [2.05, 4.69) is 0 Å². The van der Waals surface area contributed by atoms with Crippen LogP contribution in [0.25, 0.3) is 0 Å². The third-order valence-corrected chi connectivity index (χ3v) is 5.79. The minimum atomic E-state index is -3.63. The molecule has 2 unspecified atom stereocenters. The van der Waals surface area contributed by atoms with E-state index in [0.717, 1.165) is 6.42 Å². The Bertz CT molecular complexity index is 549. The second-order valence-electron chi connectivity index (χ2n) is 5.00. The zero-order valence-corrected chi connectivity index (χ0v) is 15.2. The molecular weight excluding hydrogens is 319 g/mol. The summed E-state index contributed by atoms with van der Waals surface area (Å²) in [4.78, 5) is 13.0. The maximum atomic E-state index is 13.2. The highest BCUT2D eigenvalue weighted by atomic mass is 31.2. The van der Waals surface area contributed by atoms with Crippen molar-refractivity contribution >= 4 is 12.9 Å². The maximum absolute atomic E-state index is 13.2. The van der Waals surface area contributed by atoms with Crippen LogP contribution in [0.15, 0.2) is 18.2 Å². The molecule has 1 aromatic rings. The lowest BCUT2D eigenvalue weighted by molar-refractivity contribution is -0.0360. The molecule has 23 heavy (non-hydrogen) atoms. The second-order valence-corrected chi connectivity index (χ2v) is 7.41. The summed E-state index contributed by atoms with van der Waals surface area (Å²) in [5.74, 6) is 0.611. The zero-order chi connectivity index (χ0) is 17.5. The van der Waals surface area contributed by atoms with Gasteiger partial charge in [0, 0.05) is 13.3 Å². The van der Waals surface area contributed by atoms with Gasteiger partial charge in [0.05, 0.1) is 14.2 Å². The lowest BCUT2D eigenvalue weighted by Gasteiger charge is -2.22. The van der Waals surface area contributed by atoms with Crippen molar-refractivity contribution in [3.63, 3.8) is 0 Å². The van der Waals surface area contributed by atoms with Crippen molar-refractivity contribution in [1.29, 1.82) is 0 Å². The van der Waals surface area contributed by atoms with E-state index in [1.807, 2.05) is 6.92 Å². The van der Waals surface area contributed by atoms with Crippen molar-refractivity contribution < 1.29 is 28.1 Å². The molecule has 0 bridgehead atoms. The summed E-state index contributed by atoms with van der Waals surface area (Å²) in [7, 11) is 0.699. The number of benzene rings is 1. The Balaban J connectivity index is 3.32. The molecule has 6 nitrogen and oxygen atoms in total. The highest BCUT2D eigenvalue weighted by Crippen LogP contribution is 2.54. The predicted octanol–water partition coefficient (Wildman–Crippen LogP) is 3.93. The fourth-order valence-corrected chi connectivity index (χ4v) is 4.35. The SMILES string of the molecule is CCCCP(=O)(OC(C)OC)C(=O)c1c(OC)cccc1OC. The first-order chi connectivity index (χ1) is 10.9. The molecule has 0 saturated heterocycles. The van der Waals surface area contributed by atoms with Crippen LogP contribution in [0.2, 0.25) is 0 Å². The van der Waals surface area contributed by atoms with Crippen molar-refractivity contribution in [2.24, 2.45) is 0 Å². The van der Waals surface area contributed by atoms with Gasteiger partial charge in [-0.15, -0.1) is 0 Å². The van der Waals surface area contributed by atoms with Crippen molar-refractivity contribution in [2.45, 2.75) is 33.0 Å². The van der Waals surface area contributed by atoms with E-state index < -0.39 is 19.2 Å². The van der Waals surface area contributed by atoms with Crippen molar-refractivity contribution in [1.82, 2.24) is 0 Å². The summed E-state index contributed by atoms with van der Waals surface area (Å²) in [6.07, 6.45) is 0.807. The van der Waals surface area contributed by atoms with Gasteiger partial charge in [0.15, 0.2) is 6.29 Å². The van der Waals surface area contributed by atoms with Gasteiger partial charge in [-0.3, -0.25) is 13.9 Å². The zero-order valence-electron chi connectivity index (χ0n) is 14.3.